The van der Waals surface area contributed by atoms with Crippen molar-refractivity contribution in [3.63, 3.8) is 0 Å². The minimum atomic E-state index is -1.19. The summed E-state index contributed by atoms with van der Waals surface area (Å²) in [6.45, 7) is 2.08. The highest BCUT2D eigenvalue weighted by Crippen LogP contribution is 2.32. The maximum absolute atomic E-state index is 12.1. The molecule has 1 aromatic rings. The summed E-state index contributed by atoms with van der Waals surface area (Å²) in [4.78, 5) is 23.6. The van der Waals surface area contributed by atoms with E-state index in [2.05, 4.69) is 12.2 Å². The molecule has 1 saturated carbocycles. The van der Waals surface area contributed by atoms with Crippen LogP contribution in [0.25, 0.3) is 0 Å². The summed E-state index contributed by atoms with van der Waals surface area (Å²) in [6.07, 6.45) is 3.74. The van der Waals surface area contributed by atoms with Crippen molar-refractivity contribution in [1.29, 1.82) is 0 Å². The van der Waals surface area contributed by atoms with Crippen molar-refractivity contribution in [2.75, 3.05) is 0 Å². The van der Waals surface area contributed by atoms with E-state index in [0.717, 1.165) is 12.8 Å². The molecule has 1 aliphatic carbocycles. The van der Waals surface area contributed by atoms with Gasteiger partial charge >= 0.3 is 5.97 Å². The molecule has 1 aliphatic rings. The molecule has 0 saturated heterocycles. The van der Waals surface area contributed by atoms with Crippen molar-refractivity contribution in [3.8, 4) is 0 Å². The molecule has 1 aromatic heterocycles. The second-order valence-corrected chi connectivity index (χ2v) is 5.48. The first kappa shape index (κ1) is 13.9. The van der Waals surface area contributed by atoms with Crippen molar-refractivity contribution in [3.05, 3.63) is 23.1 Å². The summed E-state index contributed by atoms with van der Waals surface area (Å²) in [7, 11) is 0. The quantitative estimate of drug-likeness (QED) is 0.895. The molecule has 0 radical (unpaired) electrons. The highest BCUT2D eigenvalue weighted by atomic mass is 35.5. The highest BCUT2D eigenvalue weighted by Gasteiger charge is 2.42. The van der Waals surface area contributed by atoms with E-state index in [9.17, 15) is 14.7 Å². The van der Waals surface area contributed by atoms with Crippen LogP contribution in [-0.2, 0) is 4.79 Å². The number of aliphatic carboxylic acids is 1. The molecule has 2 rings (SSSR count). The maximum atomic E-state index is 12.1. The van der Waals surface area contributed by atoms with Crippen molar-refractivity contribution >= 4 is 23.5 Å². The minimum absolute atomic E-state index is 0.0257. The number of carbonyl (C=O) groups excluding carboxylic acids is 1. The topological polar surface area (TPSA) is 79.5 Å². The molecule has 1 fully saturated rings. The van der Waals surface area contributed by atoms with E-state index in [1.54, 1.807) is 0 Å². The lowest BCUT2D eigenvalue weighted by Crippen LogP contribution is -2.56. The SMILES string of the molecule is CC1CCC(NC(=O)c2ccoc2Cl)(C(=O)O)CC1. The molecule has 0 spiro atoms. The van der Waals surface area contributed by atoms with Crippen LogP contribution in [0.15, 0.2) is 16.7 Å². The Labute approximate surface area is 115 Å². The van der Waals surface area contributed by atoms with E-state index in [0.29, 0.717) is 18.8 Å². The molecular weight excluding hydrogens is 270 g/mol. The van der Waals surface area contributed by atoms with Gasteiger partial charge in [-0.15, -0.1) is 0 Å². The molecule has 0 aliphatic heterocycles. The number of amides is 1. The number of carbonyl (C=O) groups is 2. The Morgan fingerprint density at radius 2 is 2.11 bits per heavy atom. The first-order valence-electron chi connectivity index (χ1n) is 6.23. The molecule has 0 bridgehead atoms. The van der Waals surface area contributed by atoms with Gasteiger partial charge < -0.3 is 14.8 Å². The van der Waals surface area contributed by atoms with Crippen LogP contribution in [0.5, 0.6) is 0 Å². The van der Waals surface area contributed by atoms with Crippen LogP contribution in [0.1, 0.15) is 43.0 Å². The number of hydrogen-bond acceptors (Lipinski definition) is 3. The summed E-state index contributed by atoms with van der Waals surface area (Å²) in [5, 5.41) is 12.0. The molecule has 2 N–H and O–H groups in total. The van der Waals surface area contributed by atoms with Crippen LogP contribution in [0, 0.1) is 5.92 Å². The molecular formula is C13H16ClNO4. The number of halogens is 1. The zero-order valence-corrected chi connectivity index (χ0v) is 11.4. The van der Waals surface area contributed by atoms with Crippen molar-refractivity contribution < 1.29 is 19.1 Å². The predicted molar refractivity (Wildman–Crippen MR) is 69.2 cm³/mol. The number of carboxylic acid groups (broad SMARTS) is 1. The number of nitrogens with one attached hydrogen (secondary N) is 1. The largest absolute Gasteiger partial charge is 0.480 e. The fraction of sp³-hybridized carbons (Fsp3) is 0.538. The standard InChI is InChI=1S/C13H16ClNO4/c1-8-2-5-13(6-3-8,12(17)18)15-11(16)9-4-7-19-10(9)14/h4,7-8H,2-3,5-6H2,1H3,(H,15,16)(H,17,18). The number of hydrogen-bond donors (Lipinski definition) is 2. The molecule has 0 unspecified atom stereocenters. The Bertz CT molecular complexity index is 489. The van der Waals surface area contributed by atoms with Crippen LogP contribution in [-0.4, -0.2) is 22.5 Å². The first-order chi connectivity index (χ1) is 8.94. The second kappa shape index (κ2) is 5.25. The lowest BCUT2D eigenvalue weighted by molar-refractivity contribution is -0.146. The van der Waals surface area contributed by atoms with E-state index in [-0.39, 0.29) is 10.8 Å². The van der Waals surface area contributed by atoms with Gasteiger partial charge in [-0.05, 0) is 49.3 Å². The van der Waals surface area contributed by atoms with E-state index >= 15 is 0 Å². The fourth-order valence-corrected chi connectivity index (χ4v) is 2.59. The summed E-state index contributed by atoms with van der Waals surface area (Å²) >= 11 is 5.73. The summed E-state index contributed by atoms with van der Waals surface area (Å²) in [5.74, 6) is -1.01. The Hall–Kier alpha value is -1.49. The Morgan fingerprint density at radius 3 is 2.58 bits per heavy atom. The molecule has 6 heteroatoms. The van der Waals surface area contributed by atoms with Gasteiger partial charge in [0.1, 0.15) is 5.54 Å². The van der Waals surface area contributed by atoms with Gasteiger partial charge in [0.25, 0.3) is 5.91 Å². The molecule has 5 nitrogen and oxygen atoms in total. The monoisotopic (exact) mass is 285 g/mol. The summed E-state index contributed by atoms with van der Waals surface area (Å²) < 4.78 is 4.84. The average molecular weight is 286 g/mol. The van der Waals surface area contributed by atoms with Gasteiger partial charge in [-0.2, -0.15) is 0 Å². The first-order valence-corrected chi connectivity index (χ1v) is 6.61. The lowest BCUT2D eigenvalue weighted by atomic mass is 9.77. The third-order valence-electron chi connectivity index (χ3n) is 3.75. The number of carboxylic acids is 1. The maximum Gasteiger partial charge on any atom is 0.329 e. The third kappa shape index (κ3) is 2.76. The van der Waals surface area contributed by atoms with Gasteiger partial charge in [0, 0.05) is 0 Å². The van der Waals surface area contributed by atoms with Gasteiger partial charge in [-0.25, -0.2) is 4.79 Å². The van der Waals surface area contributed by atoms with Crippen LogP contribution in [0.4, 0.5) is 0 Å². The van der Waals surface area contributed by atoms with Crippen LogP contribution >= 0.6 is 11.6 Å². The van der Waals surface area contributed by atoms with Crippen LogP contribution in [0.3, 0.4) is 0 Å². The molecule has 19 heavy (non-hydrogen) atoms. The van der Waals surface area contributed by atoms with Crippen molar-refractivity contribution in [2.24, 2.45) is 5.92 Å². The fourth-order valence-electron chi connectivity index (χ4n) is 2.39. The molecule has 1 heterocycles. The molecule has 104 valence electrons. The van der Waals surface area contributed by atoms with Crippen molar-refractivity contribution in [1.82, 2.24) is 5.32 Å². The van der Waals surface area contributed by atoms with E-state index in [1.807, 2.05) is 0 Å². The zero-order valence-electron chi connectivity index (χ0n) is 10.6. The minimum Gasteiger partial charge on any atom is -0.480 e. The Kier molecular flexibility index (Phi) is 3.85. The molecule has 0 aromatic carbocycles. The smallest absolute Gasteiger partial charge is 0.329 e. The third-order valence-corrected chi connectivity index (χ3v) is 4.05. The predicted octanol–water partition coefficient (Wildman–Crippen LogP) is 2.70. The van der Waals surface area contributed by atoms with Crippen molar-refractivity contribution in [2.45, 2.75) is 38.1 Å². The second-order valence-electron chi connectivity index (χ2n) is 5.13. The zero-order chi connectivity index (χ0) is 14.0. The number of rotatable bonds is 3. The van der Waals surface area contributed by atoms with Crippen LogP contribution in [0.2, 0.25) is 5.22 Å². The van der Waals surface area contributed by atoms with Crippen LogP contribution < -0.4 is 5.32 Å². The van der Waals surface area contributed by atoms with Gasteiger partial charge in [-0.1, -0.05) is 6.92 Å². The summed E-state index contributed by atoms with van der Waals surface area (Å²) in [5.41, 5.74) is -1.02. The number of furan rings is 1. The van der Waals surface area contributed by atoms with E-state index in [1.165, 1.54) is 12.3 Å². The lowest BCUT2D eigenvalue weighted by Gasteiger charge is -2.36. The van der Waals surface area contributed by atoms with Gasteiger partial charge in [-0.3, -0.25) is 4.79 Å². The van der Waals surface area contributed by atoms with E-state index in [4.69, 9.17) is 16.0 Å². The molecule has 1 amide bonds. The summed E-state index contributed by atoms with van der Waals surface area (Å²) in [6, 6.07) is 1.43. The normalized spacial score (nSPS) is 26.9. The van der Waals surface area contributed by atoms with Gasteiger partial charge in [0.2, 0.25) is 5.22 Å². The average Bonchev–Trinajstić information content (AvgIpc) is 2.78. The molecule has 0 atom stereocenters. The van der Waals surface area contributed by atoms with Gasteiger partial charge in [0.05, 0.1) is 11.8 Å². The Morgan fingerprint density at radius 1 is 1.47 bits per heavy atom. The highest BCUT2D eigenvalue weighted by molar-refractivity contribution is 6.32. The van der Waals surface area contributed by atoms with E-state index < -0.39 is 17.4 Å². The van der Waals surface area contributed by atoms with Gasteiger partial charge in [0.15, 0.2) is 0 Å². The Balaban J connectivity index is 2.16.